The molecule has 2 aromatic rings. The number of hydrogen-bond acceptors (Lipinski definition) is 6. The highest BCUT2D eigenvalue weighted by Crippen LogP contribution is 2.51. The number of nitrogens with zero attached hydrogens (tertiary/aromatic N) is 4. The summed E-state index contributed by atoms with van der Waals surface area (Å²) in [7, 11) is 0. The summed E-state index contributed by atoms with van der Waals surface area (Å²) in [5, 5.41) is 12.8. The Kier molecular flexibility index (Phi) is 6.71. The lowest BCUT2D eigenvalue weighted by atomic mass is 9.65. The number of aliphatic hydroxyl groups is 1. The van der Waals surface area contributed by atoms with Crippen molar-refractivity contribution in [2.45, 2.75) is 68.9 Å². The minimum absolute atomic E-state index is 0.0478. The van der Waals surface area contributed by atoms with Gasteiger partial charge in [0, 0.05) is 36.8 Å². The molecule has 1 saturated carbocycles. The van der Waals surface area contributed by atoms with E-state index >= 15 is 0 Å². The number of likely N-dealkylation sites (tertiary alicyclic amines) is 1. The Morgan fingerprint density at radius 1 is 1.29 bits per heavy atom. The summed E-state index contributed by atoms with van der Waals surface area (Å²) in [6.07, 6.45) is 2.62. The van der Waals surface area contributed by atoms with E-state index in [1.807, 2.05) is 6.26 Å². The average molecular weight is 499 g/mol. The number of fused-ring (bicyclic) bond motifs is 1. The molecule has 1 saturated heterocycles. The standard InChI is InChI=1S/C23H29F3N4O3S/c1-15(11-23(24,25)26)18(31)30-10-8-22(33,21(13-30)6-3-4-7-21)14-29-9-5-17-16(19(29)32)12-27-20(28-17)34-2/h5,9,12,15,33H,3-4,6-8,10-11,13-14H2,1-2H3. The fourth-order valence-corrected chi connectivity index (χ4v) is 5.94. The summed E-state index contributed by atoms with van der Waals surface area (Å²) in [6.45, 7) is 1.71. The number of halogens is 3. The van der Waals surface area contributed by atoms with Crippen molar-refractivity contribution >= 4 is 28.6 Å². The van der Waals surface area contributed by atoms with E-state index in [0.29, 0.717) is 28.9 Å². The first-order valence-corrected chi connectivity index (χ1v) is 12.7. The molecule has 2 fully saturated rings. The van der Waals surface area contributed by atoms with Crippen LogP contribution in [0.5, 0.6) is 0 Å². The molecular weight excluding hydrogens is 469 g/mol. The van der Waals surface area contributed by atoms with Crippen LogP contribution in [0.15, 0.2) is 28.4 Å². The van der Waals surface area contributed by atoms with E-state index < -0.39 is 35.4 Å². The highest BCUT2D eigenvalue weighted by atomic mass is 32.2. The van der Waals surface area contributed by atoms with E-state index in [9.17, 15) is 27.9 Å². The average Bonchev–Trinajstić information content (AvgIpc) is 3.26. The quantitative estimate of drug-likeness (QED) is 0.501. The Labute approximate surface area is 199 Å². The second-order valence-corrected chi connectivity index (χ2v) is 10.4. The van der Waals surface area contributed by atoms with Crippen LogP contribution < -0.4 is 5.56 Å². The molecule has 2 atom stereocenters. The number of carbonyl (C=O) groups excluding carboxylic acids is 1. The van der Waals surface area contributed by atoms with E-state index in [-0.39, 0.29) is 31.6 Å². The fraction of sp³-hybridized carbons (Fsp3) is 0.652. The smallest absolute Gasteiger partial charge is 0.387 e. The summed E-state index contributed by atoms with van der Waals surface area (Å²) in [6, 6.07) is 1.72. The van der Waals surface area contributed by atoms with Gasteiger partial charge in [0.1, 0.15) is 0 Å². The van der Waals surface area contributed by atoms with E-state index in [4.69, 9.17) is 0 Å². The predicted molar refractivity (Wildman–Crippen MR) is 122 cm³/mol. The Balaban J connectivity index is 1.60. The van der Waals surface area contributed by atoms with Crippen LogP contribution in [0.3, 0.4) is 0 Å². The number of pyridine rings is 1. The van der Waals surface area contributed by atoms with Gasteiger partial charge in [0.15, 0.2) is 5.16 Å². The molecule has 1 N–H and O–H groups in total. The van der Waals surface area contributed by atoms with Gasteiger partial charge in [-0.2, -0.15) is 13.2 Å². The number of piperidine rings is 1. The number of amides is 1. The minimum Gasteiger partial charge on any atom is -0.387 e. The second kappa shape index (κ2) is 9.14. The van der Waals surface area contributed by atoms with Crippen LogP contribution in [0, 0.1) is 11.3 Å². The van der Waals surface area contributed by atoms with Crippen LogP contribution in [-0.4, -0.2) is 61.6 Å². The fourth-order valence-electron chi connectivity index (χ4n) is 5.59. The molecule has 1 spiro atoms. The molecule has 186 valence electrons. The summed E-state index contributed by atoms with van der Waals surface area (Å²) >= 11 is 1.38. The lowest BCUT2D eigenvalue weighted by Crippen LogP contribution is -2.62. The topological polar surface area (TPSA) is 88.3 Å². The SMILES string of the molecule is CSc1ncc2c(=O)n(CC3(O)CCN(C(=O)C(C)CC(F)(F)F)CC34CCCC4)ccc2n1. The zero-order chi connectivity index (χ0) is 24.7. The first-order valence-electron chi connectivity index (χ1n) is 11.5. The Bertz CT molecular complexity index is 1130. The zero-order valence-electron chi connectivity index (χ0n) is 19.3. The molecule has 1 aliphatic carbocycles. The van der Waals surface area contributed by atoms with E-state index in [1.165, 1.54) is 34.3 Å². The summed E-state index contributed by atoms with van der Waals surface area (Å²) in [5.74, 6) is -1.70. The zero-order valence-corrected chi connectivity index (χ0v) is 20.1. The lowest BCUT2D eigenvalue weighted by molar-refractivity contribution is -0.172. The van der Waals surface area contributed by atoms with Gasteiger partial charge in [-0.05, 0) is 31.6 Å². The molecule has 1 aliphatic heterocycles. The van der Waals surface area contributed by atoms with Crippen molar-refractivity contribution in [3.8, 4) is 0 Å². The molecule has 0 radical (unpaired) electrons. The number of alkyl halides is 3. The van der Waals surface area contributed by atoms with Gasteiger partial charge in [-0.1, -0.05) is 31.5 Å². The Morgan fingerprint density at radius 2 is 2.00 bits per heavy atom. The molecule has 0 aromatic carbocycles. The summed E-state index contributed by atoms with van der Waals surface area (Å²) < 4.78 is 40.0. The molecule has 2 unspecified atom stereocenters. The van der Waals surface area contributed by atoms with Crippen LogP contribution in [0.4, 0.5) is 13.2 Å². The van der Waals surface area contributed by atoms with E-state index in [2.05, 4.69) is 9.97 Å². The van der Waals surface area contributed by atoms with Gasteiger partial charge >= 0.3 is 6.18 Å². The highest BCUT2D eigenvalue weighted by molar-refractivity contribution is 7.98. The Morgan fingerprint density at radius 3 is 2.65 bits per heavy atom. The van der Waals surface area contributed by atoms with Crippen molar-refractivity contribution in [2.75, 3.05) is 19.3 Å². The van der Waals surface area contributed by atoms with Gasteiger partial charge in [0.25, 0.3) is 5.56 Å². The van der Waals surface area contributed by atoms with E-state index in [1.54, 1.807) is 12.3 Å². The van der Waals surface area contributed by atoms with Crippen LogP contribution in [0.25, 0.3) is 10.9 Å². The summed E-state index contributed by atoms with van der Waals surface area (Å²) in [5.41, 5.74) is -1.69. The number of carbonyl (C=O) groups is 1. The third-order valence-corrected chi connectivity index (χ3v) is 7.98. The van der Waals surface area contributed by atoms with E-state index in [0.717, 1.165) is 12.8 Å². The van der Waals surface area contributed by atoms with Crippen LogP contribution in [0.2, 0.25) is 0 Å². The van der Waals surface area contributed by atoms with Crippen LogP contribution in [-0.2, 0) is 11.3 Å². The highest BCUT2D eigenvalue weighted by Gasteiger charge is 2.56. The molecule has 1 amide bonds. The molecule has 4 rings (SSSR count). The first kappa shape index (κ1) is 25.0. The first-order chi connectivity index (χ1) is 16.0. The molecule has 2 aromatic heterocycles. The van der Waals surface area contributed by atoms with Gasteiger partial charge in [-0.15, -0.1) is 0 Å². The molecule has 3 heterocycles. The maximum Gasteiger partial charge on any atom is 0.389 e. The number of aromatic nitrogens is 3. The van der Waals surface area contributed by atoms with Gasteiger partial charge in [-0.25, -0.2) is 9.97 Å². The number of hydrogen-bond donors (Lipinski definition) is 1. The van der Waals surface area contributed by atoms with Crippen LogP contribution in [0.1, 0.15) is 45.4 Å². The van der Waals surface area contributed by atoms with Crippen molar-refractivity contribution in [1.82, 2.24) is 19.4 Å². The van der Waals surface area contributed by atoms with Crippen molar-refractivity contribution in [2.24, 2.45) is 11.3 Å². The number of rotatable bonds is 5. The predicted octanol–water partition coefficient (Wildman–Crippen LogP) is 3.63. The molecule has 34 heavy (non-hydrogen) atoms. The normalized spacial score (nSPS) is 23.5. The van der Waals surface area contributed by atoms with Gasteiger partial charge < -0.3 is 14.6 Å². The maximum absolute atomic E-state index is 13.1. The maximum atomic E-state index is 13.1. The van der Waals surface area contributed by atoms with Gasteiger partial charge in [0.05, 0.1) is 29.5 Å². The third kappa shape index (κ3) is 4.68. The second-order valence-electron chi connectivity index (χ2n) is 9.65. The molecular formula is C23H29F3N4O3S. The Hall–Kier alpha value is -2.14. The van der Waals surface area contributed by atoms with Crippen molar-refractivity contribution in [3.63, 3.8) is 0 Å². The molecule has 11 heteroatoms. The molecule has 0 bridgehead atoms. The minimum atomic E-state index is -4.41. The van der Waals surface area contributed by atoms with Crippen molar-refractivity contribution in [1.29, 1.82) is 0 Å². The molecule has 7 nitrogen and oxygen atoms in total. The monoisotopic (exact) mass is 498 g/mol. The third-order valence-electron chi connectivity index (χ3n) is 7.42. The molecule has 2 aliphatic rings. The van der Waals surface area contributed by atoms with Gasteiger partial charge in [-0.3, -0.25) is 9.59 Å². The number of thioether (sulfide) groups is 1. The van der Waals surface area contributed by atoms with Crippen LogP contribution >= 0.6 is 11.8 Å². The largest absolute Gasteiger partial charge is 0.389 e. The lowest BCUT2D eigenvalue weighted by Gasteiger charge is -2.52. The van der Waals surface area contributed by atoms with Crippen molar-refractivity contribution in [3.05, 3.63) is 28.8 Å². The summed E-state index contributed by atoms with van der Waals surface area (Å²) in [4.78, 5) is 36.0. The van der Waals surface area contributed by atoms with Gasteiger partial charge in [0.2, 0.25) is 5.91 Å². The van der Waals surface area contributed by atoms with Crippen molar-refractivity contribution < 1.29 is 23.1 Å².